The first-order valence-electron chi connectivity index (χ1n) is 9.33. The minimum absolute atomic E-state index is 0.155. The third-order valence-corrected chi connectivity index (χ3v) is 5.61. The summed E-state index contributed by atoms with van der Waals surface area (Å²) in [5, 5.41) is 2.29. The van der Waals surface area contributed by atoms with Gasteiger partial charge in [0.1, 0.15) is 0 Å². The van der Waals surface area contributed by atoms with Crippen LogP contribution in [0, 0.1) is 11.3 Å². The molecule has 1 aliphatic heterocycles. The number of ether oxygens (including phenoxy) is 1. The molecule has 1 saturated heterocycles. The van der Waals surface area contributed by atoms with Crippen molar-refractivity contribution in [2.75, 3.05) is 13.1 Å². The number of imide groups is 1. The molecular weight excluding hydrogens is 434 g/mol. The Morgan fingerprint density at radius 2 is 1.55 bits per heavy atom. The summed E-state index contributed by atoms with van der Waals surface area (Å²) in [5.74, 6) is -1.59. The number of carbonyl (C=O) groups is 3. The molecule has 2 aliphatic rings. The molecule has 0 radical (unpaired) electrons. The van der Waals surface area contributed by atoms with Crippen LogP contribution in [-0.4, -0.2) is 54.4 Å². The second-order valence-electron chi connectivity index (χ2n) is 7.64. The highest BCUT2D eigenvalue weighted by molar-refractivity contribution is 6.06. The molecule has 3 amide bonds. The third-order valence-electron chi connectivity index (χ3n) is 5.61. The highest BCUT2D eigenvalue weighted by atomic mass is 19.4. The van der Waals surface area contributed by atoms with Crippen molar-refractivity contribution in [3.63, 3.8) is 0 Å². The Labute approximate surface area is 172 Å². The molecule has 6 nitrogen and oxygen atoms in total. The van der Waals surface area contributed by atoms with E-state index in [1.807, 2.05) is 0 Å². The average molecular weight is 452 g/mol. The summed E-state index contributed by atoms with van der Waals surface area (Å²) in [6, 6.07) is 8.04. The van der Waals surface area contributed by atoms with Crippen LogP contribution in [0.25, 0.3) is 0 Å². The molecule has 170 valence electrons. The Bertz CT molecular complexity index is 833. The van der Waals surface area contributed by atoms with E-state index < -0.39 is 47.7 Å². The van der Waals surface area contributed by atoms with E-state index in [0.717, 1.165) is 4.90 Å². The van der Waals surface area contributed by atoms with E-state index in [1.165, 1.54) is 12.1 Å². The second-order valence-corrected chi connectivity index (χ2v) is 7.64. The van der Waals surface area contributed by atoms with Crippen molar-refractivity contribution >= 4 is 17.9 Å². The van der Waals surface area contributed by atoms with Crippen LogP contribution in [0.3, 0.4) is 0 Å². The standard InChI is InChI=1S/C19H18F6N2O4/c20-18(21,22)15(19(23,24)25)31-16(30)27-8-6-17(7-9-27)10-12(17)14(29)26-13(28)11-4-2-1-3-5-11/h1-5,12,15H,6-10H2,(H,26,28,29)/t12-/m0/s1. The van der Waals surface area contributed by atoms with Gasteiger partial charge in [0.05, 0.1) is 0 Å². The number of halogens is 6. The molecule has 1 aromatic rings. The van der Waals surface area contributed by atoms with Crippen molar-refractivity contribution in [3.05, 3.63) is 35.9 Å². The van der Waals surface area contributed by atoms with Gasteiger partial charge in [0.15, 0.2) is 0 Å². The van der Waals surface area contributed by atoms with Crippen molar-refractivity contribution < 1.29 is 45.5 Å². The van der Waals surface area contributed by atoms with Gasteiger partial charge in [-0.1, -0.05) is 18.2 Å². The van der Waals surface area contributed by atoms with Crippen molar-refractivity contribution in [2.45, 2.75) is 37.7 Å². The van der Waals surface area contributed by atoms with Crippen molar-refractivity contribution in [3.8, 4) is 0 Å². The highest BCUT2D eigenvalue weighted by Crippen LogP contribution is 2.59. The number of rotatable bonds is 3. The molecule has 1 N–H and O–H groups in total. The minimum atomic E-state index is -5.78. The van der Waals surface area contributed by atoms with Crippen molar-refractivity contribution in [1.29, 1.82) is 0 Å². The summed E-state index contributed by atoms with van der Waals surface area (Å²) in [6.45, 7) is -0.310. The first kappa shape index (κ1) is 22.9. The SMILES string of the molecule is O=C(NC(=O)[C@@H]1CC12CCN(C(=O)OC(C(F)(F)F)C(F)(F)F)CC2)c1ccccc1. The normalized spacial score (nSPS) is 20.5. The third kappa shape index (κ3) is 5.10. The summed E-state index contributed by atoms with van der Waals surface area (Å²) in [5.41, 5.74) is -0.238. The Morgan fingerprint density at radius 3 is 2.06 bits per heavy atom. The molecule has 0 bridgehead atoms. The zero-order chi connectivity index (χ0) is 23.0. The first-order valence-corrected chi connectivity index (χ1v) is 9.33. The van der Waals surface area contributed by atoms with Gasteiger partial charge in [-0.3, -0.25) is 14.9 Å². The van der Waals surface area contributed by atoms with Gasteiger partial charge in [-0.25, -0.2) is 4.79 Å². The van der Waals surface area contributed by atoms with Gasteiger partial charge in [-0.05, 0) is 36.8 Å². The zero-order valence-electron chi connectivity index (χ0n) is 15.9. The Hall–Kier alpha value is -2.79. The molecule has 3 rings (SSSR count). The van der Waals surface area contributed by atoms with Gasteiger partial charge in [-0.15, -0.1) is 0 Å². The first-order chi connectivity index (χ1) is 14.3. The highest BCUT2D eigenvalue weighted by Gasteiger charge is 2.61. The van der Waals surface area contributed by atoms with Gasteiger partial charge in [0, 0.05) is 24.6 Å². The molecule has 1 heterocycles. The number of hydrogen-bond donors (Lipinski definition) is 1. The maximum Gasteiger partial charge on any atom is 0.434 e. The summed E-state index contributed by atoms with van der Waals surface area (Å²) >= 11 is 0. The fourth-order valence-electron chi connectivity index (χ4n) is 3.76. The van der Waals surface area contributed by atoms with Crippen LogP contribution < -0.4 is 5.32 Å². The number of benzene rings is 1. The molecule has 1 saturated carbocycles. The second kappa shape index (κ2) is 8.04. The summed E-state index contributed by atoms with van der Waals surface area (Å²) in [4.78, 5) is 37.0. The molecule has 1 aliphatic carbocycles. The molecule has 1 spiro atoms. The summed E-state index contributed by atoms with van der Waals surface area (Å²) in [7, 11) is 0. The van der Waals surface area contributed by atoms with Crippen molar-refractivity contribution in [2.24, 2.45) is 11.3 Å². The summed E-state index contributed by atoms with van der Waals surface area (Å²) < 4.78 is 79.0. The van der Waals surface area contributed by atoms with Crippen LogP contribution in [0.15, 0.2) is 30.3 Å². The van der Waals surface area contributed by atoms with E-state index in [4.69, 9.17) is 0 Å². The molecular formula is C19H18F6N2O4. The number of alkyl halides is 6. The van der Waals surface area contributed by atoms with E-state index in [9.17, 15) is 40.7 Å². The van der Waals surface area contributed by atoms with Gasteiger partial charge >= 0.3 is 18.4 Å². The molecule has 0 aromatic heterocycles. The number of hydrogen-bond acceptors (Lipinski definition) is 4. The Morgan fingerprint density at radius 1 is 1.00 bits per heavy atom. The number of piperidine rings is 1. The zero-order valence-corrected chi connectivity index (χ0v) is 15.9. The van der Waals surface area contributed by atoms with Crippen LogP contribution in [0.4, 0.5) is 31.1 Å². The van der Waals surface area contributed by atoms with E-state index in [1.54, 1.807) is 18.2 Å². The van der Waals surface area contributed by atoms with Gasteiger partial charge in [0.25, 0.3) is 12.0 Å². The van der Waals surface area contributed by atoms with Gasteiger partial charge in [-0.2, -0.15) is 26.3 Å². The summed E-state index contributed by atoms with van der Waals surface area (Å²) in [6.07, 6.45) is -16.7. The Balaban J connectivity index is 1.52. The van der Waals surface area contributed by atoms with Gasteiger partial charge in [0.2, 0.25) is 5.91 Å². The number of nitrogens with zero attached hydrogens (tertiary/aromatic N) is 1. The molecule has 0 unspecified atom stereocenters. The fourth-order valence-corrected chi connectivity index (χ4v) is 3.76. The fraction of sp³-hybridized carbons (Fsp3) is 0.526. The largest absolute Gasteiger partial charge is 0.434 e. The van der Waals surface area contributed by atoms with E-state index in [0.29, 0.717) is 12.0 Å². The van der Waals surface area contributed by atoms with Crippen LogP contribution in [-0.2, 0) is 9.53 Å². The molecule has 12 heteroatoms. The molecule has 1 atom stereocenters. The van der Waals surface area contributed by atoms with E-state index >= 15 is 0 Å². The lowest BCUT2D eigenvalue weighted by Gasteiger charge is -2.33. The predicted molar refractivity (Wildman–Crippen MR) is 92.6 cm³/mol. The monoisotopic (exact) mass is 452 g/mol. The number of nitrogens with one attached hydrogen (secondary N) is 1. The Kier molecular flexibility index (Phi) is 5.94. The van der Waals surface area contributed by atoms with E-state index in [2.05, 4.69) is 10.1 Å². The van der Waals surface area contributed by atoms with E-state index in [-0.39, 0.29) is 25.9 Å². The van der Waals surface area contributed by atoms with Gasteiger partial charge < -0.3 is 9.64 Å². The lowest BCUT2D eigenvalue weighted by Crippen LogP contribution is -2.49. The lowest BCUT2D eigenvalue weighted by atomic mass is 9.91. The lowest BCUT2D eigenvalue weighted by molar-refractivity contribution is -0.308. The minimum Gasteiger partial charge on any atom is -0.426 e. The maximum absolute atomic E-state index is 12.6. The maximum atomic E-state index is 12.6. The molecule has 31 heavy (non-hydrogen) atoms. The topological polar surface area (TPSA) is 75.7 Å². The predicted octanol–water partition coefficient (Wildman–Crippen LogP) is 3.67. The smallest absolute Gasteiger partial charge is 0.426 e. The number of likely N-dealkylation sites (tertiary alicyclic amines) is 1. The van der Waals surface area contributed by atoms with Crippen LogP contribution in [0.1, 0.15) is 29.6 Å². The average Bonchev–Trinajstić information content (AvgIpc) is 3.38. The number of amides is 3. The van der Waals surface area contributed by atoms with Crippen molar-refractivity contribution in [1.82, 2.24) is 10.2 Å². The molecule has 1 aromatic carbocycles. The van der Waals surface area contributed by atoms with Crippen LogP contribution >= 0.6 is 0 Å². The number of carbonyl (C=O) groups excluding carboxylic acids is 3. The van der Waals surface area contributed by atoms with Crippen LogP contribution in [0.5, 0.6) is 0 Å². The molecule has 2 fully saturated rings. The quantitative estimate of drug-likeness (QED) is 0.561. The van der Waals surface area contributed by atoms with Crippen LogP contribution in [0.2, 0.25) is 0 Å².